The molecule has 1 saturated carbocycles. The van der Waals surface area contributed by atoms with Gasteiger partial charge < -0.3 is 15.7 Å². The highest BCUT2D eigenvalue weighted by Gasteiger charge is 2.26. The molecular weight excluding hydrogens is 348 g/mol. The molecule has 22 heavy (non-hydrogen) atoms. The van der Waals surface area contributed by atoms with Crippen LogP contribution in [-0.2, 0) is 4.79 Å². The number of aliphatic carboxylic acids is 1. The van der Waals surface area contributed by atoms with Gasteiger partial charge in [-0.05, 0) is 50.3 Å². The number of carboxylic acid groups (broad SMARTS) is 1. The van der Waals surface area contributed by atoms with Crippen molar-refractivity contribution in [2.24, 2.45) is 5.92 Å². The third kappa shape index (κ3) is 4.73. The first-order valence-corrected chi connectivity index (χ1v) is 8.30. The number of nitrogens with one attached hydrogen (secondary N) is 2. The van der Waals surface area contributed by atoms with E-state index in [0.717, 1.165) is 22.9 Å². The van der Waals surface area contributed by atoms with Gasteiger partial charge in [0.05, 0.1) is 12.0 Å². The first kappa shape index (κ1) is 16.8. The number of hydrogen-bond acceptors (Lipinski definition) is 2. The number of halogens is 1. The van der Waals surface area contributed by atoms with Gasteiger partial charge in [-0.3, -0.25) is 4.79 Å². The average Bonchev–Trinajstić information content (AvgIpc) is 2.48. The summed E-state index contributed by atoms with van der Waals surface area (Å²) in [5.74, 6) is -0.991. The lowest BCUT2D eigenvalue weighted by atomic mass is 9.86. The van der Waals surface area contributed by atoms with Crippen molar-refractivity contribution in [1.82, 2.24) is 10.6 Å². The van der Waals surface area contributed by atoms with Crippen molar-refractivity contribution in [2.45, 2.75) is 44.7 Å². The zero-order valence-electron chi connectivity index (χ0n) is 12.5. The molecule has 0 heterocycles. The first-order valence-electron chi connectivity index (χ1n) is 7.51. The van der Waals surface area contributed by atoms with Crippen molar-refractivity contribution >= 4 is 27.9 Å². The molecule has 0 bridgehead atoms. The van der Waals surface area contributed by atoms with Crippen LogP contribution in [0.5, 0.6) is 0 Å². The minimum Gasteiger partial charge on any atom is -0.481 e. The van der Waals surface area contributed by atoms with Crippen molar-refractivity contribution in [1.29, 1.82) is 0 Å². The summed E-state index contributed by atoms with van der Waals surface area (Å²) in [6, 6.07) is 7.60. The summed E-state index contributed by atoms with van der Waals surface area (Å²) in [6.07, 6.45) is 2.69. The molecule has 0 aromatic heterocycles. The van der Waals surface area contributed by atoms with Gasteiger partial charge in [0, 0.05) is 10.5 Å². The summed E-state index contributed by atoms with van der Waals surface area (Å²) in [5, 5.41) is 14.8. The van der Waals surface area contributed by atoms with Gasteiger partial charge in [-0.2, -0.15) is 0 Å². The molecule has 1 atom stereocenters. The average molecular weight is 369 g/mol. The van der Waals surface area contributed by atoms with Crippen molar-refractivity contribution in [3.63, 3.8) is 0 Å². The van der Waals surface area contributed by atoms with Crippen molar-refractivity contribution in [2.75, 3.05) is 0 Å². The lowest BCUT2D eigenvalue weighted by Gasteiger charge is -2.27. The Morgan fingerprint density at radius 1 is 1.18 bits per heavy atom. The molecule has 3 N–H and O–H groups in total. The van der Waals surface area contributed by atoms with Crippen LogP contribution in [0.15, 0.2) is 28.7 Å². The van der Waals surface area contributed by atoms with Gasteiger partial charge in [0.25, 0.3) is 0 Å². The molecule has 1 aromatic rings. The molecule has 1 aliphatic rings. The number of urea groups is 1. The van der Waals surface area contributed by atoms with E-state index < -0.39 is 5.97 Å². The second-order valence-corrected chi connectivity index (χ2v) is 6.69. The Bertz CT molecular complexity index is 525. The van der Waals surface area contributed by atoms with Crippen LogP contribution in [0.4, 0.5) is 4.79 Å². The van der Waals surface area contributed by atoms with Gasteiger partial charge in [0.2, 0.25) is 0 Å². The lowest BCUT2D eigenvalue weighted by Crippen LogP contribution is -2.44. The predicted octanol–water partition coefficient (Wildman–Crippen LogP) is 3.45. The molecule has 2 amide bonds. The molecule has 1 aromatic carbocycles. The molecule has 1 fully saturated rings. The molecule has 0 radical (unpaired) electrons. The lowest BCUT2D eigenvalue weighted by molar-refractivity contribution is -0.142. The van der Waals surface area contributed by atoms with Gasteiger partial charge in [0.15, 0.2) is 0 Å². The fourth-order valence-corrected chi connectivity index (χ4v) is 3.01. The number of carbonyl (C=O) groups excluding carboxylic acids is 1. The van der Waals surface area contributed by atoms with Gasteiger partial charge in [-0.25, -0.2) is 4.79 Å². The molecule has 120 valence electrons. The highest BCUT2D eigenvalue weighted by atomic mass is 79.9. The Hall–Kier alpha value is -1.56. The summed E-state index contributed by atoms with van der Waals surface area (Å²) in [4.78, 5) is 22.9. The number of benzene rings is 1. The van der Waals surface area contributed by atoms with Gasteiger partial charge in [-0.15, -0.1) is 0 Å². The molecule has 0 aliphatic heterocycles. The van der Waals surface area contributed by atoms with Crippen molar-refractivity contribution in [3.05, 3.63) is 34.3 Å². The highest BCUT2D eigenvalue weighted by molar-refractivity contribution is 9.10. The maximum absolute atomic E-state index is 12.0. The van der Waals surface area contributed by atoms with Crippen molar-refractivity contribution < 1.29 is 14.7 Å². The quantitative estimate of drug-likeness (QED) is 0.761. The minimum atomic E-state index is -0.730. The van der Waals surface area contributed by atoms with Crippen LogP contribution in [0, 0.1) is 5.92 Å². The fraction of sp³-hybridized carbons (Fsp3) is 0.500. The van der Waals surface area contributed by atoms with Crippen LogP contribution in [0.2, 0.25) is 0 Å². The molecule has 5 nitrogen and oxygen atoms in total. The standard InChI is InChI=1S/C16H21BrN2O3/c1-10(11-2-6-13(17)7-3-11)18-16(22)19-14-8-4-12(5-9-14)15(20)21/h2-3,6-7,10,12,14H,4-5,8-9H2,1H3,(H,20,21)(H2,18,19,22). The zero-order chi connectivity index (χ0) is 16.1. The summed E-state index contributed by atoms with van der Waals surface area (Å²) in [6.45, 7) is 1.93. The van der Waals surface area contributed by atoms with E-state index in [1.54, 1.807) is 0 Å². The Morgan fingerprint density at radius 3 is 2.32 bits per heavy atom. The maximum Gasteiger partial charge on any atom is 0.315 e. The topological polar surface area (TPSA) is 78.4 Å². The molecule has 2 rings (SSSR count). The number of carbonyl (C=O) groups is 2. The fourth-order valence-electron chi connectivity index (χ4n) is 2.74. The van der Waals surface area contributed by atoms with Gasteiger partial charge in [0.1, 0.15) is 0 Å². The number of rotatable bonds is 4. The van der Waals surface area contributed by atoms with Crippen LogP contribution in [-0.4, -0.2) is 23.1 Å². The third-order valence-corrected chi connectivity index (χ3v) is 4.66. The summed E-state index contributed by atoms with van der Waals surface area (Å²) in [7, 11) is 0. The third-order valence-electron chi connectivity index (χ3n) is 4.13. The summed E-state index contributed by atoms with van der Waals surface area (Å²) >= 11 is 3.38. The Labute approximate surface area is 138 Å². The highest BCUT2D eigenvalue weighted by Crippen LogP contribution is 2.24. The Morgan fingerprint density at radius 2 is 1.77 bits per heavy atom. The van der Waals surface area contributed by atoms with E-state index >= 15 is 0 Å². The Kier molecular flexibility index (Phi) is 5.83. The van der Waals surface area contributed by atoms with E-state index in [-0.39, 0.29) is 24.0 Å². The molecule has 0 spiro atoms. The monoisotopic (exact) mass is 368 g/mol. The van der Waals surface area contributed by atoms with Gasteiger partial charge >= 0.3 is 12.0 Å². The number of hydrogen-bond donors (Lipinski definition) is 3. The summed E-state index contributed by atoms with van der Waals surface area (Å²) < 4.78 is 1.00. The largest absolute Gasteiger partial charge is 0.481 e. The molecule has 0 saturated heterocycles. The summed E-state index contributed by atoms with van der Waals surface area (Å²) in [5.41, 5.74) is 1.04. The van der Waals surface area contributed by atoms with E-state index in [2.05, 4.69) is 26.6 Å². The van der Waals surface area contributed by atoms with E-state index in [9.17, 15) is 9.59 Å². The van der Waals surface area contributed by atoms with E-state index in [1.165, 1.54) is 0 Å². The SMILES string of the molecule is CC(NC(=O)NC1CCC(C(=O)O)CC1)c1ccc(Br)cc1. The van der Waals surface area contributed by atoms with Crippen LogP contribution in [0.3, 0.4) is 0 Å². The van der Waals surface area contributed by atoms with Crippen LogP contribution >= 0.6 is 15.9 Å². The number of carboxylic acids is 1. The zero-order valence-corrected chi connectivity index (χ0v) is 14.1. The maximum atomic E-state index is 12.0. The normalized spacial score (nSPS) is 22.6. The number of amides is 2. The molecule has 6 heteroatoms. The molecular formula is C16H21BrN2O3. The minimum absolute atomic E-state index is 0.0627. The van der Waals surface area contributed by atoms with Gasteiger partial charge in [-0.1, -0.05) is 28.1 Å². The Balaban J connectivity index is 1.78. The van der Waals surface area contributed by atoms with Crippen LogP contribution in [0.25, 0.3) is 0 Å². The van der Waals surface area contributed by atoms with E-state index in [4.69, 9.17) is 5.11 Å². The van der Waals surface area contributed by atoms with Crippen LogP contribution < -0.4 is 10.6 Å². The van der Waals surface area contributed by atoms with Crippen LogP contribution in [0.1, 0.15) is 44.2 Å². The first-order chi connectivity index (χ1) is 10.5. The predicted molar refractivity (Wildman–Crippen MR) is 87.6 cm³/mol. The molecule has 1 aliphatic carbocycles. The smallest absolute Gasteiger partial charge is 0.315 e. The van der Waals surface area contributed by atoms with E-state index in [1.807, 2.05) is 31.2 Å². The second-order valence-electron chi connectivity index (χ2n) is 5.78. The van der Waals surface area contributed by atoms with Crippen molar-refractivity contribution in [3.8, 4) is 0 Å². The second kappa shape index (κ2) is 7.63. The van der Waals surface area contributed by atoms with E-state index in [0.29, 0.717) is 12.8 Å². The molecule has 1 unspecified atom stereocenters.